The molecule has 0 spiro atoms. The predicted octanol–water partition coefficient (Wildman–Crippen LogP) is -1.27. The number of carbonyl (C=O) groups excluding carboxylic acids is 1. The summed E-state index contributed by atoms with van der Waals surface area (Å²) < 4.78 is 0. The highest BCUT2D eigenvalue weighted by atomic mass is 16.2. The second-order valence-corrected chi connectivity index (χ2v) is 3.64. The molecule has 12 heavy (non-hydrogen) atoms. The Morgan fingerprint density at radius 2 is 2.17 bits per heavy atom. The normalized spacial score (nSPS) is 27.4. The third kappa shape index (κ3) is 1.32. The van der Waals surface area contributed by atoms with Gasteiger partial charge in [-0.25, -0.2) is 0 Å². The van der Waals surface area contributed by atoms with E-state index < -0.39 is 0 Å². The van der Waals surface area contributed by atoms with Crippen LogP contribution in [0.4, 0.5) is 0 Å². The number of rotatable bonds is 1. The summed E-state index contributed by atoms with van der Waals surface area (Å²) in [7, 11) is 1.99. The Morgan fingerprint density at radius 1 is 1.42 bits per heavy atom. The lowest BCUT2D eigenvalue weighted by molar-refractivity contribution is -0.139. The van der Waals surface area contributed by atoms with Crippen molar-refractivity contribution in [1.29, 1.82) is 0 Å². The minimum absolute atomic E-state index is 0.287. The van der Waals surface area contributed by atoms with Gasteiger partial charge in [0.25, 0.3) is 0 Å². The molecule has 0 aromatic rings. The maximum absolute atomic E-state index is 11.5. The first-order valence-electron chi connectivity index (χ1n) is 4.46. The average Bonchev–Trinajstić information content (AvgIpc) is 1.91. The summed E-state index contributed by atoms with van der Waals surface area (Å²) in [6, 6.07) is 0.478. The molecule has 2 aliphatic heterocycles. The van der Waals surface area contributed by atoms with E-state index in [2.05, 4.69) is 10.2 Å². The van der Waals surface area contributed by atoms with Gasteiger partial charge in [-0.1, -0.05) is 0 Å². The molecule has 1 N–H and O–H groups in total. The first-order valence-corrected chi connectivity index (χ1v) is 4.46. The topological polar surface area (TPSA) is 35.6 Å². The first-order chi connectivity index (χ1) is 5.77. The highest BCUT2D eigenvalue weighted by Crippen LogP contribution is 2.09. The highest BCUT2D eigenvalue weighted by molar-refractivity contribution is 5.79. The molecule has 2 aliphatic rings. The molecule has 0 aliphatic carbocycles. The lowest BCUT2D eigenvalue weighted by atomic mass is 10.1. The number of likely N-dealkylation sites (N-methyl/N-ethyl adjacent to an activating group) is 1. The molecular formula is C8H15N3O. The Morgan fingerprint density at radius 3 is 2.67 bits per heavy atom. The number of nitrogens with zero attached hydrogens (tertiary/aromatic N) is 2. The molecule has 4 nitrogen and oxygen atoms in total. The second kappa shape index (κ2) is 3.03. The van der Waals surface area contributed by atoms with Crippen molar-refractivity contribution in [2.45, 2.75) is 6.04 Å². The van der Waals surface area contributed by atoms with Gasteiger partial charge in [0.2, 0.25) is 5.91 Å². The van der Waals surface area contributed by atoms with Crippen LogP contribution in [0.1, 0.15) is 0 Å². The van der Waals surface area contributed by atoms with Gasteiger partial charge in [0.05, 0.1) is 12.6 Å². The summed E-state index contributed by atoms with van der Waals surface area (Å²) in [6.07, 6.45) is 0. The summed E-state index contributed by atoms with van der Waals surface area (Å²) in [6.45, 7) is 4.48. The van der Waals surface area contributed by atoms with E-state index in [4.69, 9.17) is 0 Å². The van der Waals surface area contributed by atoms with Crippen LogP contribution in [0.25, 0.3) is 0 Å². The zero-order valence-corrected chi connectivity index (χ0v) is 7.42. The molecule has 0 aromatic heterocycles. The van der Waals surface area contributed by atoms with Crippen LogP contribution in [0, 0.1) is 0 Å². The molecular weight excluding hydrogens is 154 g/mol. The monoisotopic (exact) mass is 169 g/mol. The van der Waals surface area contributed by atoms with Crippen LogP contribution in [0.2, 0.25) is 0 Å². The molecule has 0 radical (unpaired) electrons. The molecule has 0 atom stereocenters. The molecule has 2 fully saturated rings. The largest absolute Gasteiger partial charge is 0.335 e. The molecule has 4 heteroatoms. The van der Waals surface area contributed by atoms with Gasteiger partial charge in [0.1, 0.15) is 0 Å². The van der Waals surface area contributed by atoms with Gasteiger partial charge in [-0.05, 0) is 7.05 Å². The molecule has 2 heterocycles. The molecule has 1 amide bonds. The summed E-state index contributed by atoms with van der Waals surface area (Å²) in [5, 5.41) is 3.18. The van der Waals surface area contributed by atoms with Gasteiger partial charge >= 0.3 is 0 Å². The molecule has 2 saturated heterocycles. The van der Waals surface area contributed by atoms with E-state index in [1.54, 1.807) is 0 Å². The van der Waals surface area contributed by atoms with Crippen LogP contribution in [0.3, 0.4) is 0 Å². The SMILES string of the molecule is CN1CCN(C2CNC2)C(=O)C1. The summed E-state index contributed by atoms with van der Waals surface area (Å²) in [5.74, 6) is 0.287. The maximum Gasteiger partial charge on any atom is 0.237 e. The van der Waals surface area contributed by atoms with E-state index in [0.29, 0.717) is 12.6 Å². The lowest BCUT2D eigenvalue weighted by Gasteiger charge is -2.42. The van der Waals surface area contributed by atoms with Crippen LogP contribution in [0.15, 0.2) is 0 Å². The van der Waals surface area contributed by atoms with Crippen molar-refractivity contribution < 1.29 is 4.79 Å². The third-order valence-electron chi connectivity index (χ3n) is 2.65. The van der Waals surface area contributed by atoms with Crippen molar-refractivity contribution in [2.24, 2.45) is 0 Å². The van der Waals surface area contributed by atoms with Crippen LogP contribution >= 0.6 is 0 Å². The average molecular weight is 169 g/mol. The van der Waals surface area contributed by atoms with Crippen molar-refractivity contribution in [3.05, 3.63) is 0 Å². The Hall–Kier alpha value is -0.610. The van der Waals surface area contributed by atoms with E-state index in [1.165, 1.54) is 0 Å². The summed E-state index contributed by atoms with van der Waals surface area (Å²) >= 11 is 0. The number of amides is 1. The second-order valence-electron chi connectivity index (χ2n) is 3.64. The fourth-order valence-corrected chi connectivity index (χ4v) is 1.68. The Kier molecular flexibility index (Phi) is 2.02. The Labute approximate surface area is 72.5 Å². The molecule has 68 valence electrons. The van der Waals surface area contributed by atoms with Gasteiger partial charge in [0, 0.05) is 26.2 Å². The summed E-state index contributed by atoms with van der Waals surface area (Å²) in [5.41, 5.74) is 0. The molecule has 2 rings (SSSR count). The van der Waals surface area contributed by atoms with Gasteiger partial charge in [-0.15, -0.1) is 0 Å². The van der Waals surface area contributed by atoms with Crippen LogP contribution in [-0.4, -0.2) is 61.5 Å². The number of nitrogens with one attached hydrogen (secondary N) is 1. The first kappa shape index (κ1) is 8.01. The fraction of sp³-hybridized carbons (Fsp3) is 0.875. The van der Waals surface area contributed by atoms with Crippen molar-refractivity contribution in [1.82, 2.24) is 15.1 Å². The van der Waals surface area contributed by atoms with E-state index >= 15 is 0 Å². The van der Waals surface area contributed by atoms with Crippen LogP contribution in [-0.2, 0) is 4.79 Å². The smallest absolute Gasteiger partial charge is 0.237 e. The number of hydrogen-bond donors (Lipinski definition) is 1. The fourth-order valence-electron chi connectivity index (χ4n) is 1.68. The summed E-state index contributed by atoms with van der Waals surface area (Å²) in [4.78, 5) is 15.6. The molecule has 0 aromatic carbocycles. The number of piperazine rings is 1. The van der Waals surface area contributed by atoms with E-state index in [0.717, 1.165) is 26.2 Å². The molecule has 0 saturated carbocycles. The van der Waals surface area contributed by atoms with E-state index in [1.807, 2.05) is 11.9 Å². The maximum atomic E-state index is 11.5. The van der Waals surface area contributed by atoms with Gasteiger partial charge in [0.15, 0.2) is 0 Å². The quantitative estimate of drug-likeness (QED) is 0.532. The van der Waals surface area contributed by atoms with Gasteiger partial charge in [-0.3, -0.25) is 9.69 Å². The van der Waals surface area contributed by atoms with Gasteiger partial charge in [-0.2, -0.15) is 0 Å². The highest BCUT2D eigenvalue weighted by Gasteiger charge is 2.31. The van der Waals surface area contributed by atoms with E-state index in [-0.39, 0.29) is 5.91 Å². The van der Waals surface area contributed by atoms with Crippen LogP contribution in [0.5, 0.6) is 0 Å². The van der Waals surface area contributed by atoms with Crippen molar-refractivity contribution in [2.75, 3.05) is 39.8 Å². The van der Waals surface area contributed by atoms with Gasteiger partial charge < -0.3 is 10.2 Å². The Balaban J connectivity index is 1.93. The van der Waals surface area contributed by atoms with E-state index in [9.17, 15) is 4.79 Å². The lowest BCUT2D eigenvalue weighted by Crippen LogP contribution is -2.63. The molecule has 0 bridgehead atoms. The number of hydrogen-bond acceptors (Lipinski definition) is 3. The van der Waals surface area contributed by atoms with Crippen molar-refractivity contribution in [3.8, 4) is 0 Å². The van der Waals surface area contributed by atoms with Crippen molar-refractivity contribution >= 4 is 5.91 Å². The minimum atomic E-state index is 0.287. The van der Waals surface area contributed by atoms with Crippen molar-refractivity contribution in [3.63, 3.8) is 0 Å². The zero-order chi connectivity index (χ0) is 8.55. The Bertz CT molecular complexity index is 191. The van der Waals surface area contributed by atoms with Crippen LogP contribution < -0.4 is 5.32 Å². The standard InChI is InChI=1S/C8H15N3O/c1-10-2-3-11(8(12)6-10)7-4-9-5-7/h7,9H,2-6H2,1H3. The minimum Gasteiger partial charge on any atom is -0.335 e. The number of carbonyl (C=O) groups is 1. The predicted molar refractivity (Wildman–Crippen MR) is 45.9 cm³/mol. The zero-order valence-electron chi connectivity index (χ0n) is 7.42. The third-order valence-corrected chi connectivity index (χ3v) is 2.65. The molecule has 0 unspecified atom stereocenters.